The number of anilines is 1. The van der Waals surface area contributed by atoms with Crippen molar-refractivity contribution in [2.75, 3.05) is 5.73 Å². The molecule has 6 heteroatoms. The van der Waals surface area contributed by atoms with Gasteiger partial charge in [0.05, 0.1) is 27.0 Å². The first kappa shape index (κ1) is 17.5. The van der Waals surface area contributed by atoms with Crippen LogP contribution in [0.25, 0.3) is 21.7 Å². The molecule has 0 aliphatic heterocycles. The van der Waals surface area contributed by atoms with Crippen LogP contribution in [0, 0.1) is 18.3 Å². The zero-order valence-electron chi connectivity index (χ0n) is 14.2. The zero-order valence-corrected chi connectivity index (χ0v) is 15.7. The van der Waals surface area contributed by atoms with Crippen molar-refractivity contribution >= 4 is 28.6 Å². The van der Waals surface area contributed by atoms with Gasteiger partial charge in [-0.15, -0.1) is 23.7 Å². The van der Waals surface area contributed by atoms with E-state index in [1.807, 2.05) is 29.1 Å². The Hall–Kier alpha value is -2.29. The van der Waals surface area contributed by atoms with Gasteiger partial charge in [-0.05, 0) is 24.1 Å². The molecule has 0 atom stereocenters. The second kappa shape index (κ2) is 7.30. The standard InChI is InChI=1S/C19H19ClN4S/c1-4-5-15-18(21)13(8-9-22-15)14-11-24(10-12(2)3)23-19(14)16-6-7-17(20)25-16/h1,6-9,11-12H,5,10,21H2,2-3H3. The van der Waals surface area contributed by atoms with Crippen molar-refractivity contribution in [2.45, 2.75) is 26.8 Å². The number of halogens is 1. The molecule has 0 amide bonds. The number of nitrogen functional groups attached to an aromatic ring is 1. The van der Waals surface area contributed by atoms with Crippen LogP contribution in [0.15, 0.2) is 30.6 Å². The van der Waals surface area contributed by atoms with E-state index in [9.17, 15) is 0 Å². The summed E-state index contributed by atoms with van der Waals surface area (Å²) in [5.41, 5.74) is 10.4. The average molecular weight is 371 g/mol. The molecule has 0 bridgehead atoms. The van der Waals surface area contributed by atoms with Crippen molar-refractivity contribution in [1.29, 1.82) is 0 Å². The lowest BCUT2D eigenvalue weighted by molar-refractivity contribution is 0.484. The van der Waals surface area contributed by atoms with Gasteiger partial charge in [-0.3, -0.25) is 9.67 Å². The molecule has 0 radical (unpaired) electrons. The summed E-state index contributed by atoms with van der Waals surface area (Å²) in [5.74, 6) is 3.09. The maximum Gasteiger partial charge on any atom is 0.110 e. The molecule has 0 aromatic carbocycles. The van der Waals surface area contributed by atoms with Crippen LogP contribution in [0.2, 0.25) is 4.34 Å². The number of rotatable bonds is 5. The molecule has 25 heavy (non-hydrogen) atoms. The van der Waals surface area contributed by atoms with Crippen molar-refractivity contribution < 1.29 is 0 Å². The van der Waals surface area contributed by atoms with Crippen LogP contribution in [-0.2, 0) is 13.0 Å². The third-order valence-corrected chi connectivity index (χ3v) is 4.99. The first-order valence-corrected chi connectivity index (χ1v) is 9.19. The highest BCUT2D eigenvalue weighted by atomic mass is 35.5. The lowest BCUT2D eigenvalue weighted by Crippen LogP contribution is -2.04. The number of aromatic nitrogens is 3. The molecule has 128 valence electrons. The molecular weight excluding hydrogens is 352 g/mol. The predicted octanol–water partition coefficient (Wildman–Crippen LogP) is 4.74. The second-order valence-corrected chi connectivity index (χ2v) is 7.93. The van der Waals surface area contributed by atoms with Crippen molar-refractivity contribution in [3.05, 3.63) is 40.6 Å². The lowest BCUT2D eigenvalue weighted by Gasteiger charge is -2.08. The zero-order chi connectivity index (χ0) is 18.0. The van der Waals surface area contributed by atoms with Gasteiger partial charge in [-0.1, -0.05) is 25.4 Å². The van der Waals surface area contributed by atoms with Crippen molar-refractivity contribution in [2.24, 2.45) is 5.92 Å². The maximum atomic E-state index is 6.35. The van der Waals surface area contributed by atoms with Gasteiger partial charge in [0, 0.05) is 30.1 Å². The van der Waals surface area contributed by atoms with E-state index in [1.165, 1.54) is 11.3 Å². The number of hydrogen-bond acceptors (Lipinski definition) is 4. The van der Waals surface area contributed by atoms with Crippen molar-refractivity contribution in [3.8, 4) is 34.0 Å². The summed E-state index contributed by atoms with van der Waals surface area (Å²) in [6.07, 6.45) is 9.60. The van der Waals surface area contributed by atoms with E-state index in [1.54, 1.807) is 6.20 Å². The summed E-state index contributed by atoms with van der Waals surface area (Å²) in [7, 11) is 0. The van der Waals surface area contributed by atoms with Crippen LogP contribution in [0.1, 0.15) is 19.5 Å². The number of hydrogen-bond donors (Lipinski definition) is 1. The van der Waals surface area contributed by atoms with E-state index in [0.29, 0.717) is 23.7 Å². The molecule has 0 spiro atoms. The number of terminal acetylenes is 1. The molecule has 3 aromatic rings. The molecular formula is C19H19ClN4S. The summed E-state index contributed by atoms with van der Waals surface area (Å²) in [6.45, 7) is 5.15. The van der Waals surface area contributed by atoms with Crippen LogP contribution < -0.4 is 5.73 Å². The van der Waals surface area contributed by atoms with Crippen LogP contribution in [0.5, 0.6) is 0 Å². The van der Waals surface area contributed by atoms with Crippen LogP contribution in [0.4, 0.5) is 5.69 Å². The lowest BCUT2D eigenvalue weighted by atomic mass is 10.0. The quantitative estimate of drug-likeness (QED) is 0.660. The van der Waals surface area contributed by atoms with Crippen molar-refractivity contribution in [3.63, 3.8) is 0 Å². The minimum atomic E-state index is 0.403. The molecule has 3 aromatic heterocycles. The molecule has 0 saturated heterocycles. The number of nitrogens with zero attached hydrogens (tertiary/aromatic N) is 3. The highest BCUT2D eigenvalue weighted by Crippen LogP contribution is 2.39. The first-order valence-electron chi connectivity index (χ1n) is 8.00. The summed E-state index contributed by atoms with van der Waals surface area (Å²) in [5, 5.41) is 4.78. The summed E-state index contributed by atoms with van der Waals surface area (Å²) in [4.78, 5) is 5.31. The fourth-order valence-corrected chi connectivity index (χ4v) is 3.74. The Labute approximate surface area is 156 Å². The van der Waals surface area contributed by atoms with Gasteiger partial charge in [0.2, 0.25) is 0 Å². The monoisotopic (exact) mass is 370 g/mol. The normalized spacial score (nSPS) is 11.0. The van der Waals surface area contributed by atoms with Gasteiger partial charge in [0.1, 0.15) is 5.69 Å². The number of thiophene rings is 1. The Kier molecular flexibility index (Phi) is 5.12. The Morgan fingerprint density at radius 2 is 2.12 bits per heavy atom. The molecule has 3 heterocycles. The SMILES string of the molecule is C#CCc1nccc(-c2cn(CC(C)C)nc2-c2ccc(Cl)s2)c1N. The van der Waals surface area contributed by atoms with E-state index >= 15 is 0 Å². The Bertz CT molecular complexity index is 933. The van der Waals surface area contributed by atoms with E-state index in [2.05, 4.69) is 24.8 Å². The van der Waals surface area contributed by atoms with Crippen LogP contribution >= 0.6 is 22.9 Å². The second-order valence-electron chi connectivity index (χ2n) is 6.21. The Balaban J connectivity index is 2.16. The first-order chi connectivity index (χ1) is 12.0. The number of pyridine rings is 1. The van der Waals surface area contributed by atoms with Gasteiger partial charge in [-0.2, -0.15) is 5.10 Å². The molecule has 0 saturated carbocycles. The summed E-state index contributed by atoms with van der Waals surface area (Å²) in [6, 6.07) is 5.77. The molecule has 3 rings (SSSR count). The van der Waals surface area contributed by atoms with Crippen LogP contribution in [-0.4, -0.2) is 14.8 Å². The topological polar surface area (TPSA) is 56.7 Å². The average Bonchev–Trinajstić information content (AvgIpc) is 3.15. The highest BCUT2D eigenvalue weighted by molar-refractivity contribution is 7.19. The fraction of sp³-hybridized carbons (Fsp3) is 0.263. The maximum absolute atomic E-state index is 6.35. The predicted molar refractivity (Wildman–Crippen MR) is 106 cm³/mol. The Morgan fingerprint density at radius 3 is 2.76 bits per heavy atom. The summed E-state index contributed by atoms with van der Waals surface area (Å²) < 4.78 is 2.69. The third-order valence-electron chi connectivity index (χ3n) is 3.75. The third kappa shape index (κ3) is 3.71. The molecule has 0 aliphatic carbocycles. The highest BCUT2D eigenvalue weighted by Gasteiger charge is 2.18. The molecule has 4 nitrogen and oxygen atoms in total. The molecule has 0 fully saturated rings. The molecule has 0 unspecified atom stereocenters. The number of nitrogens with two attached hydrogens (primary N) is 1. The van der Waals surface area contributed by atoms with E-state index in [-0.39, 0.29) is 0 Å². The molecule has 0 aliphatic rings. The van der Waals surface area contributed by atoms with Crippen LogP contribution in [0.3, 0.4) is 0 Å². The van der Waals surface area contributed by atoms with Gasteiger partial charge < -0.3 is 5.73 Å². The largest absolute Gasteiger partial charge is 0.397 e. The van der Waals surface area contributed by atoms with Crippen molar-refractivity contribution in [1.82, 2.24) is 14.8 Å². The van der Waals surface area contributed by atoms with Gasteiger partial charge in [0.25, 0.3) is 0 Å². The van der Waals surface area contributed by atoms with E-state index in [0.717, 1.165) is 32.6 Å². The van der Waals surface area contributed by atoms with Gasteiger partial charge in [-0.25, -0.2) is 0 Å². The van der Waals surface area contributed by atoms with Gasteiger partial charge >= 0.3 is 0 Å². The smallest absolute Gasteiger partial charge is 0.110 e. The minimum absolute atomic E-state index is 0.403. The molecule has 2 N–H and O–H groups in total. The van der Waals surface area contributed by atoms with Gasteiger partial charge in [0.15, 0.2) is 0 Å². The van der Waals surface area contributed by atoms with E-state index < -0.39 is 0 Å². The minimum Gasteiger partial charge on any atom is -0.397 e. The fourth-order valence-electron chi connectivity index (χ4n) is 2.70. The summed E-state index contributed by atoms with van der Waals surface area (Å²) >= 11 is 7.63. The van der Waals surface area contributed by atoms with E-state index in [4.69, 9.17) is 28.9 Å². The Morgan fingerprint density at radius 1 is 1.32 bits per heavy atom.